The molecule has 0 aliphatic carbocycles. The summed E-state index contributed by atoms with van der Waals surface area (Å²) in [6.45, 7) is 1.50. The predicted octanol–water partition coefficient (Wildman–Crippen LogP) is -0.0307. The molecule has 0 spiro atoms. The second kappa shape index (κ2) is 6.38. The Labute approximate surface area is 125 Å². The molecule has 1 aromatic carbocycles. The second-order valence-corrected chi connectivity index (χ2v) is 5.71. The van der Waals surface area contributed by atoms with Gasteiger partial charge >= 0.3 is 0 Å². The van der Waals surface area contributed by atoms with Gasteiger partial charge in [-0.05, 0) is 24.6 Å². The first-order valence-electron chi connectivity index (χ1n) is 6.27. The molecule has 5 atom stereocenters. The van der Waals surface area contributed by atoms with E-state index in [-0.39, 0.29) is 0 Å². The van der Waals surface area contributed by atoms with Crippen molar-refractivity contribution in [2.75, 3.05) is 11.9 Å². The molecule has 1 aromatic rings. The summed E-state index contributed by atoms with van der Waals surface area (Å²) in [5.41, 5.74) is 1.75. The van der Waals surface area contributed by atoms with Crippen molar-refractivity contribution in [1.29, 1.82) is 0 Å². The van der Waals surface area contributed by atoms with E-state index in [1.807, 2.05) is 25.1 Å². The third-order valence-electron chi connectivity index (χ3n) is 3.37. The van der Waals surface area contributed by atoms with Crippen molar-refractivity contribution in [3.63, 3.8) is 0 Å². The molecule has 1 saturated heterocycles. The lowest BCUT2D eigenvalue weighted by molar-refractivity contribution is -0.221. The molecule has 1 aliphatic heterocycles. The monoisotopic (exact) mass is 347 g/mol. The fraction of sp³-hybridized carbons (Fsp3) is 0.538. The van der Waals surface area contributed by atoms with Gasteiger partial charge < -0.3 is 30.5 Å². The first-order valence-corrected chi connectivity index (χ1v) is 7.06. The zero-order valence-corrected chi connectivity index (χ0v) is 12.5. The highest BCUT2D eigenvalue weighted by atomic mass is 79.9. The molecule has 1 fully saturated rings. The van der Waals surface area contributed by atoms with Gasteiger partial charge in [-0.2, -0.15) is 0 Å². The Bertz CT molecular complexity index is 470. The first kappa shape index (κ1) is 15.7. The van der Waals surface area contributed by atoms with E-state index in [9.17, 15) is 15.3 Å². The van der Waals surface area contributed by atoms with E-state index >= 15 is 0 Å². The van der Waals surface area contributed by atoms with Gasteiger partial charge in [-0.25, -0.2) is 0 Å². The number of aliphatic hydroxyl groups is 4. The molecule has 5 N–H and O–H groups in total. The second-order valence-electron chi connectivity index (χ2n) is 4.86. The minimum absolute atomic E-state index is 0.444. The van der Waals surface area contributed by atoms with E-state index in [1.54, 1.807) is 0 Å². The molecule has 7 heteroatoms. The molecular formula is C13H18BrNO5. The van der Waals surface area contributed by atoms with Crippen LogP contribution in [0.5, 0.6) is 0 Å². The molecule has 0 radical (unpaired) electrons. The van der Waals surface area contributed by atoms with Crippen molar-refractivity contribution in [2.45, 2.75) is 37.6 Å². The van der Waals surface area contributed by atoms with Crippen molar-refractivity contribution in [1.82, 2.24) is 0 Å². The third-order valence-corrected chi connectivity index (χ3v) is 4.23. The molecule has 0 saturated carbocycles. The van der Waals surface area contributed by atoms with Crippen LogP contribution in [0.4, 0.5) is 5.69 Å². The summed E-state index contributed by atoms with van der Waals surface area (Å²) >= 11 is 3.40. The normalized spacial score (nSPS) is 34.0. The minimum Gasteiger partial charge on any atom is -0.394 e. The summed E-state index contributed by atoms with van der Waals surface area (Å²) in [7, 11) is 0. The predicted molar refractivity (Wildman–Crippen MR) is 76.3 cm³/mol. The molecule has 0 amide bonds. The minimum atomic E-state index is -1.38. The van der Waals surface area contributed by atoms with Crippen LogP contribution in [0.2, 0.25) is 0 Å². The van der Waals surface area contributed by atoms with Gasteiger partial charge in [0.1, 0.15) is 24.4 Å². The van der Waals surface area contributed by atoms with E-state index in [0.29, 0.717) is 5.69 Å². The number of benzene rings is 1. The smallest absolute Gasteiger partial charge is 0.157 e. The van der Waals surface area contributed by atoms with Gasteiger partial charge in [-0.3, -0.25) is 0 Å². The maximum Gasteiger partial charge on any atom is 0.157 e. The van der Waals surface area contributed by atoms with Crippen LogP contribution in [0.25, 0.3) is 0 Å². The molecule has 6 nitrogen and oxygen atoms in total. The molecule has 20 heavy (non-hydrogen) atoms. The van der Waals surface area contributed by atoms with Gasteiger partial charge in [0.2, 0.25) is 0 Å². The Kier molecular flexibility index (Phi) is 5.00. The maximum absolute atomic E-state index is 9.92. The van der Waals surface area contributed by atoms with Crippen LogP contribution in [-0.4, -0.2) is 57.7 Å². The standard InChI is InChI=1S/C13H18BrNO5/c1-6-2-3-7(4-8(6)14)15-13-12(19)11(18)10(17)9(5-16)20-13/h2-4,9-13,15-19H,5H2,1H3. The van der Waals surface area contributed by atoms with Crippen molar-refractivity contribution in [2.24, 2.45) is 0 Å². The van der Waals surface area contributed by atoms with Gasteiger partial charge in [-0.1, -0.05) is 22.0 Å². The van der Waals surface area contributed by atoms with E-state index in [0.717, 1.165) is 10.0 Å². The summed E-state index contributed by atoms with van der Waals surface area (Å²) in [5, 5.41) is 41.4. The zero-order chi connectivity index (χ0) is 14.9. The van der Waals surface area contributed by atoms with Crippen molar-refractivity contribution in [3.05, 3.63) is 28.2 Å². The lowest BCUT2D eigenvalue weighted by Crippen LogP contribution is -2.60. The van der Waals surface area contributed by atoms with E-state index in [1.165, 1.54) is 0 Å². The first-order chi connectivity index (χ1) is 9.43. The Morgan fingerprint density at radius 3 is 2.50 bits per heavy atom. The van der Waals surface area contributed by atoms with Crippen molar-refractivity contribution < 1.29 is 25.2 Å². The average Bonchev–Trinajstić information content (AvgIpc) is 2.43. The highest BCUT2D eigenvalue weighted by Crippen LogP contribution is 2.25. The SMILES string of the molecule is Cc1ccc(NC2OC(CO)C(O)C(O)C2O)cc1Br. The van der Waals surface area contributed by atoms with E-state index < -0.39 is 37.3 Å². The number of nitrogens with one attached hydrogen (secondary N) is 1. The molecule has 5 unspecified atom stereocenters. The summed E-state index contributed by atoms with van der Waals surface area (Å²) in [6.07, 6.45) is -5.86. The molecule has 112 valence electrons. The van der Waals surface area contributed by atoms with Gasteiger partial charge in [0.25, 0.3) is 0 Å². The molecule has 2 rings (SSSR count). The van der Waals surface area contributed by atoms with Crippen LogP contribution >= 0.6 is 15.9 Å². The van der Waals surface area contributed by atoms with Crippen LogP contribution in [0.3, 0.4) is 0 Å². The van der Waals surface area contributed by atoms with E-state index in [2.05, 4.69) is 21.2 Å². The number of rotatable bonds is 3. The summed E-state index contributed by atoms with van der Waals surface area (Å²) in [4.78, 5) is 0. The number of aryl methyl sites for hydroxylation is 1. The lowest BCUT2D eigenvalue weighted by Gasteiger charge is -2.40. The highest BCUT2D eigenvalue weighted by molar-refractivity contribution is 9.10. The largest absolute Gasteiger partial charge is 0.394 e. The van der Waals surface area contributed by atoms with Crippen LogP contribution in [0.1, 0.15) is 5.56 Å². The number of aliphatic hydroxyl groups excluding tert-OH is 4. The summed E-state index contributed by atoms with van der Waals surface area (Å²) in [6, 6.07) is 5.51. The van der Waals surface area contributed by atoms with Crippen molar-refractivity contribution >= 4 is 21.6 Å². The van der Waals surface area contributed by atoms with Gasteiger partial charge in [-0.15, -0.1) is 0 Å². The fourth-order valence-electron chi connectivity index (χ4n) is 2.07. The Morgan fingerprint density at radius 2 is 1.90 bits per heavy atom. The lowest BCUT2D eigenvalue weighted by atomic mass is 9.98. The number of halogens is 1. The Morgan fingerprint density at radius 1 is 1.20 bits per heavy atom. The molecule has 0 aromatic heterocycles. The topological polar surface area (TPSA) is 102 Å². The number of ether oxygens (including phenoxy) is 1. The zero-order valence-electron chi connectivity index (χ0n) is 10.9. The molecular weight excluding hydrogens is 330 g/mol. The number of anilines is 1. The average molecular weight is 348 g/mol. The Balaban J connectivity index is 2.13. The quantitative estimate of drug-likeness (QED) is 0.526. The molecule has 1 heterocycles. The fourth-order valence-corrected chi connectivity index (χ4v) is 2.45. The van der Waals surface area contributed by atoms with Crippen molar-refractivity contribution in [3.8, 4) is 0 Å². The van der Waals surface area contributed by atoms with Gasteiger partial charge in [0.15, 0.2) is 6.23 Å². The Hall–Kier alpha value is -0.700. The number of hydrogen-bond acceptors (Lipinski definition) is 6. The highest BCUT2D eigenvalue weighted by Gasteiger charge is 2.43. The maximum atomic E-state index is 9.92. The van der Waals surface area contributed by atoms with Gasteiger partial charge in [0.05, 0.1) is 6.61 Å². The van der Waals surface area contributed by atoms with Gasteiger partial charge in [0, 0.05) is 10.2 Å². The van der Waals surface area contributed by atoms with Crippen LogP contribution in [0, 0.1) is 6.92 Å². The van der Waals surface area contributed by atoms with Crippen LogP contribution in [0.15, 0.2) is 22.7 Å². The van der Waals surface area contributed by atoms with Crippen LogP contribution < -0.4 is 5.32 Å². The molecule has 1 aliphatic rings. The third kappa shape index (κ3) is 3.13. The molecule has 0 bridgehead atoms. The van der Waals surface area contributed by atoms with E-state index in [4.69, 9.17) is 9.84 Å². The van der Waals surface area contributed by atoms with Crippen LogP contribution in [-0.2, 0) is 4.74 Å². The summed E-state index contributed by atoms with van der Waals surface area (Å²) < 4.78 is 6.26. The number of hydrogen-bond donors (Lipinski definition) is 5. The summed E-state index contributed by atoms with van der Waals surface area (Å²) in [5.74, 6) is 0.